The zero-order valence-corrected chi connectivity index (χ0v) is 33.9. The highest BCUT2D eigenvalue weighted by molar-refractivity contribution is 7.47. The lowest BCUT2D eigenvalue weighted by Crippen LogP contribution is -2.36. The lowest BCUT2D eigenvalue weighted by molar-refractivity contribution is -0.122. The van der Waals surface area contributed by atoms with Crippen molar-refractivity contribution in [1.29, 1.82) is 10.5 Å². The van der Waals surface area contributed by atoms with Gasteiger partial charge in [-0.2, -0.15) is 15.6 Å². The minimum absolute atomic E-state index is 0.0838. The van der Waals surface area contributed by atoms with Crippen molar-refractivity contribution in [3.63, 3.8) is 0 Å². The lowest BCUT2D eigenvalue weighted by Gasteiger charge is -2.23. The van der Waals surface area contributed by atoms with Crippen molar-refractivity contribution >= 4 is 25.1 Å². The number of phosphoric acid groups is 1. The van der Waals surface area contributed by atoms with Crippen LogP contribution in [0, 0.1) is 28.7 Å². The van der Waals surface area contributed by atoms with Crippen molar-refractivity contribution in [1.82, 2.24) is 19.9 Å². The molecule has 0 bridgehead atoms. The predicted molar refractivity (Wildman–Crippen MR) is 212 cm³/mol. The highest BCUT2D eigenvalue weighted by Crippen LogP contribution is 2.43. The third-order valence-corrected chi connectivity index (χ3v) is 10.5. The number of carbonyl (C=O) groups is 1. The van der Waals surface area contributed by atoms with Crippen LogP contribution in [0.15, 0.2) is 36.7 Å². The first kappa shape index (κ1) is 47.2. The Bertz CT molecular complexity index is 1770. The van der Waals surface area contributed by atoms with Crippen molar-refractivity contribution in [3.05, 3.63) is 59.3 Å². The summed E-state index contributed by atoms with van der Waals surface area (Å²) in [5.74, 6) is -0.638. The predicted octanol–water partition coefficient (Wildman–Crippen LogP) is 7.19. The van der Waals surface area contributed by atoms with Crippen LogP contribution in [-0.4, -0.2) is 68.6 Å². The average molecular weight is 816 g/mol. The molecule has 0 saturated carbocycles. The number of carbonyl (C=O) groups excluding carboxylic acids is 1. The number of anilines is 1. The largest absolute Gasteiger partial charge is 0.472 e. The van der Waals surface area contributed by atoms with Crippen LogP contribution in [0.4, 0.5) is 10.2 Å². The van der Waals surface area contributed by atoms with Gasteiger partial charge in [0.15, 0.2) is 11.9 Å². The maximum atomic E-state index is 14.0. The summed E-state index contributed by atoms with van der Waals surface area (Å²) in [4.78, 5) is 27.1. The highest BCUT2D eigenvalue weighted by atomic mass is 31.2. The molecule has 4 atom stereocenters. The van der Waals surface area contributed by atoms with E-state index in [1.54, 1.807) is 12.1 Å². The minimum atomic E-state index is -4.83. The number of phosphoric ester groups is 1. The number of nitrogens with two attached hydrogens (primary N) is 1. The number of benzene rings is 1. The number of nitriles is 2. The molecule has 5 N–H and O–H groups in total. The topological polar surface area (TPSA) is 227 Å². The molecule has 57 heavy (non-hydrogen) atoms. The lowest BCUT2D eigenvalue weighted by atomic mass is 10.0. The quantitative estimate of drug-likeness (QED) is 0.0287. The Hall–Kier alpha value is -4.15. The van der Waals surface area contributed by atoms with E-state index in [1.807, 2.05) is 6.07 Å². The summed E-state index contributed by atoms with van der Waals surface area (Å²) in [5, 5.41) is 36.1. The molecule has 0 aliphatic heterocycles. The summed E-state index contributed by atoms with van der Waals surface area (Å²) >= 11 is 0. The Balaban J connectivity index is 1.43. The smallest absolute Gasteiger partial charge is 0.419 e. The molecule has 0 radical (unpaired) electrons. The average Bonchev–Trinajstić information content (AvgIpc) is 3.60. The molecule has 0 aliphatic carbocycles. The van der Waals surface area contributed by atoms with Gasteiger partial charge < -0.3 is 30.5 Å². The number of aromatic nitrogens is 3. The van der Waals surface area contributed by atoms with Crippen LogP contribution in [0.25, 0.3) is 5.52 Å². The fourth-order valence-corrected chi connectivity index (χ4v) is 7.10. The van der Waals surface area contributed by atoms with E-state index >= 15 is 0 Å². The number of amides is 1. The fourth-order valence-electron chi connectivity index (χ4n) is 6.33. The third-order valence-electron chi connectivity index (χ3n) is 9.54. The van der Waals surface area contributed by atoms with Gasteiger partial charge in [-0.3, -0.25) is 13.8 Å². The van der Waals surface area contributed by atoms with E-state index in [0.29, 0.717) is 29.6 Å². The Morgan fingerprint density at radius 3 is 2.23 bits per heavy atom. The number of aliphatic hydroxyl groups excluding tert-OH is 1. The summed E-state index contributed by atoms with van der Waals surface area (Å²) in [6.07, 6.45) is 17.4. The van der Waals surface area contributed by atoms with Crippen LogP contribution in [0.1, 0.15) is 126 Å². The summed E-state index contributed by atoms with van der Waals surface area (Å²) in [5.41, 5.74) is 7.29. The van der Waals surface area contributed by atoms with Gasteiger partial charge in [0, 0.05) is 25.1 Å². The number of unbranched alkanes of at least 4 members (excludes halogenated alkanes) is 14. The minimum Gasteiger partial charge on any atom is -0.419 e. The second-order valence-electron chi connectivity index (χ2n) is 14.2. The van der Waals surface area contributed by atoms with Crippen LogP contribution in [0.5, 0.6) is 0 Å². The van der Waals surface area contributed by atoms with E-state index in [2.05, 4.69) is 22.3 Å². The zero-order valence-electron chi connectivity index (χ0n) is 33.0. The number of hydrogen-bond donors (Lipinski definition) is 4. The zero-order chi connectivity index (χ0) is 41.3. The molecule has 0 saturated heterocycles. The van der Waals surface area contributed by atoms with Gasteiger partial charge in [-0.15, -0.1) is 0 Å². The van der Waals surface area contributed by atoms with Gasteiger partial charge in [0.1, 0.15) is 17.7 Å². The second kappa shape index (κ2) is 26.7. The molecule has 17 heteroatoms. The first-order chi connectivity index (χ1) is 27.5. The number of nitrogens with one attached hydrogen (secondary N) is 1. The molecule has 3 rings (SSSR count). The van der Waals surface area contributed by atoms with Gasteiger partial charge >= 0.3 is 7.82 Å². The molecule has 1 unspecified atom stereocenters. The van der Waals surface area contributed by atoms with Crippen LogP contribution in [-0.2, 0) is 40.9 Å². The summed E-state index contributed by atoms with van der Waals surface area (Å²) in [7, 11) is -4.83. The Labute approximate surface area is 335 Å². The van der Waals surface area contributed by atoms with Crippen LogP contribution >= 0.6 is 7.82 Å². The van der Waals surface area contributed by atoms with Crippen molar-refractivity contribution in [2.75, 3.05) is 25.5 Å². The van der Waals surface area contributed by atoms with Crippen LogP contribution in [0.2, 0.25) is 0 Å². The number of nitrogen functional groups attached to an aromatic ring is 1. The standard InChI is InChI=1S/C40H59FN7O8P/c1-2-3-4-5-6-7-8-9-10-11-12-13-14-15-16-17-39(50)45-25-35(53-26-32-20-31(24-42)21-33(41)22-32)27-55-57(51,52)56-28-38(54-29-43)37(49)23-34-18-19-36-40(44)46-30-47-48(34)36/h18-22,30,35,37-38,49H,2-17,23,25-28H2,1H3,(H,45,50)(H,51,52)(H2,44,46,47)/t35-,37+,38-/m1/s1. The van der Waals surface area contributed by atoms with Gasteiger partial charge in [-0.1, -0.05) is 96.8 Å². The molecule has 0 spiro atoms. The fraction of sp³-hybridized carbons (Fsp3) is 0.625. The Morgan fingerprint density at radius 1 is 0.965 bits per heavy atom. The molecule has 1 aromatic carbocycles. The first-order valence-electron chi connectivity index (χ1n) is 20.0. The monoisotopic (exact) mass is 815 g/mol. The molecule has 314 valence electrons. The Morgan fingerprint density at radius 2 is 1.60 bits per heavy atom. The normalized spacial score (nSPS) is 14.0. The van der Waals surface area contributed by atoms with Crippen LogP contribution < -0.4 is 11.1 Å². The molecule has 1 amide bonds. The number of rotatable bonds is 31. The number of aliphatic hydroxyl groups is 1. The van der Waals surface area contributed by atoms with E-state index in [0.717, 1.165) is 25.3 Å². The summed E-state index contributed by atoms with van der Waals surface area (Å²) in [6.45, 7) is 0.712. The van der Waals surface area contributed by atoms with Gasteiger partial charge in [0.2, 0.25) is 5.91 Å². The molecule has 0 aliphatic rings. The molecule has 15 nitrogen and oxygen atoms in total. The summed E-state index contributed by atoms with van der Waals surface area (Å²) in [6, 6.07) is 8.88. The van der Waals surface area contributed by atoms with Gasteiger partial charge in [-0.05, 0) is 42.3 Å². The number of nitrogens with zero attached hydrogens (tertiary/aromatic N) is 5. The van der Waals surface area contributed by atoms with Crippen molar-refractivity contribution in [3.8, 4) is 12.3 Å². The number of hydrogen-bond acceptors (Lipinski definition) is 12. The van der Waals surface area contributed by atoms with Gasteiger partial charge in [-0.25, -0.2) is 18.5 Å². The molecular weight excluding hydrogens is 756 g/mol. The number of fused-ring (bicyclic) bond motifs is 1. The molecule has 3 aromatic rings. The SMILES string of the molecule is CCCCCCCCCCCCCCCCCC(=O)NC[C@H](COP(=O)(O)OC[C@@H](OC#N)[C@@H](O)Cc1ccc2c(N)ncnn12)OCc1cc(F)cc(C#N)c1. The number of ether oxygens (including phenoxy) is 2. The maximum Gasteiger partial charge on any atom is 0.472 e. The van der Waals surface area contributed by atoms with Crippen molar-refractivity contribution in [2.24, 2.45) is 0 Å². The van der Waals surface area contributed by atoms with Crippen molar-refractivity contribution in [2.45, 2.75) is 141 Å². The first-order valence-corrected chi connectivity index (χ1v) is 21.5. The van der Waals surface area contributed by atoms with Crippen LogP contribution in [0.3, 0.4) is 0 Å². The van der Waals surface area contributed by atoms with Gasteiger partial charge in [0.25, 0.3) is 6.26 Å². The van der Waals surface area contributed by atoms with Gasteiger partial charge in [0.05, 0.1) is 43.7 Å². The van der Waals surface area contributed by atoms with E-state index in [9.17, 15) is 29.0 Å². The maximum absolute atomic E-state index is 14.0. The summed E-state index contributed by atoms with van der Waals surface area (Å²) < 4.78 is 49.5. The second-order valence-corrected chi connectivity index (χ2v) is 15.7. The Kier molecular flexibility index (Phi) is 22.1. The van der Waals surface area contributed by atoms with Crippen molar-refractivity contribution < 1.29 is 42.3 Å². The van der Waals surface area contributed by atoms with E-state index < -0.39 is 45.2 Å². The third kappa shape index (κ3) is 18.8. The number of halogens is 1. The highest BCUT2D eigenvalue weighted by Gasteiger charge is 2.30. The molecule has 0 fully saturated rings. The van der Waals surface area contributed by atoms with E-state index in [1.165, 1.54) is 99.9 Å². The van der Waals surface area contributed by atoms with E-state index in [4.69, 9.17) is 29.5 Å². The van der Waals surface area contributed by atoms with E-state index in [-0.39, 0.29) is 36.9 Å². The molecular formula is C40H59FN7O8P. The molecule has 2 aromatic heterocycles. The molecule has 2 heterocycles.